The number of nitrogens with one attached hydrogen (secondary N) is 3. The van der Waals surface area contributed by atoms with Crippen LogP contribution in [0.3, 0.4) is 0 Å². The molecule has 4 atom stereocenters. The van der Waals surface area contributed by atoms with E-state index in [-0.39, 0.29) is 24.1 Å². The number of nitrogens with zero attached hydrogens (tertiary/aromatic N) is 1. The van der Waals surface area contributed by atoms with Gasteiger partial charge in [-0.2, -0.15) is 0 Å². The Morgan fingerprint density at radius 1 is 1.14 bits per heavy atom. The lowest BCUT2D eigenvalue weighted by molar-refractivity contribution is -0.136. The molecular formula is C22H28N4O3. The van der Waals surface area contributed by atoms with Gasteiger partial charge in [0.05, 0.1) is 0 Å². The van der Waals surface area contributed by atoms with E-state index in [0.717, 1.165) is 30.1 Å². The van der Waals surface area contributed by atoms with Crippen LogP contribution in [0.4, 0.5) is 0 Å². The van der Waals surface area contributed by atoms with Crippen LogP contribution in [0.5, 0.6) is 0 Å². The van der Waals surface area contributed by atoms with Crippen molar-refractivity contribution in [2.24, 2.45) is 11.8 Å². The average Bonchev–Trinajstić information content (AvgIpc) is 3.05. The first kappa shape index (κ1) is 18.8. The molecule has 6 rings (SSSR count). The van der Waals surface area contributed by atoms with Gasteiger partial charge in [-0.1, -0.05) is 12.1 Å². The molecular weight excluding hydrogens is 368 g/mol. The van der Waals surface area contributed by atoms with Gasteiger partial charge in [-0.3, -0.25) is 19.7 Å². The molecule has 2 bridgehead atoms. The Bertz CT molecular complexity index is 846. The Morgan fingerprint density at radius 3 is 2.76 bits per heavy atom. The minimum atomic E-state index is -0.552. The third-order valence-electron chi connectivity index (χ3n) is 7.09. The number of fused-ring (bicyclic) bond motifs is 4. The zero-order valence-electron chi connectivity index (χ0n) is 16.6. The zero-order valence-corrected chi connectivity index (χ0v) is 16.6. The SMILES string of the molecule is O=C1CCC(N2Cc3ccc(CNCC4CC5CCC4NC5)cc3C2=O)C(=O)N1. The van der Waals surface area contributed by atoms with Gasteiger partial charge in [0.15, 0.2) is 0 Å². The molecule has 7 heteroatoms. The van der Waals surface area contributed by atoms with Crippen molar-refractivity contribution in [3.63, 3.8) is 0 Å². The lowest BCUT2D eigenvalue weighted by Gasteiger charge is -2.43. The predicted octanol–water partition coefficient (Wildman–Crippen LogP) is 0.925. The fraction of sp³-hybridized carbons (Fsp3) is 0.591. The Kier molecular flexibility index (Phi) is 4.87. The van der Waals surface area contributed by atoms with E-state index in [2.05, 4.69) is 22.0 Å². The molecule has 1 saturated carbocycles. The highest BCUT2D eigenvalue weighted by Crippen LogP contribution is 2.33. The molecule has 3 amide bonds. The smallest absolute Gasteiger partial charge is 0.255 e. The minimum Gasteiger partial charge on any atom is -0.322 e. The monoisotopic (exact) mass is 396 g/mol. The second kappa shape index (κ2) is 7.54. The molecule has 4 unspecified atom stereocenters. The lowest BCUT2D eigenvalue weighted by atomic mass is 9.74. The first-order valence-corrected chi connectivity index (χ1v) is 10.8. The molecule has 3 N–H and O–H groups in total. The highest BCUT2D eigenvalue weighted by molar-refractivity contribution is 6.05. The number of hydrogen-bond donors (Lipinski definition) is 3. The lowest BCUT2D eigenvalue weighted by Crippen LogP contribution is -2.52. The van der Waals surface area contributed by atoms with Crippen molar-refractivity contribution < 1.29 is 14.4 Å². The molecule has 0 spiro atoms. The van der Waals surface area contributed by atoms with Crippen LogP contribution in [0, 0.1) is 11.8 Å². The Hall–Kier alpha value is -2.25. The molecule has 1 aromatic carbocycles. The van der Waals surface area contributed by atoms with Crippen molar-refractivity contribution in [1.82, 2.24) is 20.9 Å². The third kappa shape index (κ3) is 3.57. The molecule has 154 valence electrons. The summed E-state index contributed by atoms with van der Waals surface area (Å²) in [7, 11) is 0. The van der Waals surface area contributed by atoms with Crippen LogP contribution >= 0.6 is 0 Å². The van der Waals surface area contributed by atoms with Crippen LogP contribution < -0.4 is 16.0 Å². The maximum Gasteiger partial charge on any atom is 0.255 e. The van der Waals surface area contributed by atoms with Crippen LogP contribution in [-0.4, -0.2) is 47.8 Å². The Morgan fingerprint density at radius 2 is 2.03 bits per heavy atom. The summed E-state index contributed by atoms with van der Waals surface area (Å²) in [5.74, 6) is 0.805. The van der Waals surface area contributed by atoms with Crippen molar-refractivity contribution in [3.05, 3.63) is 34.9 Å². The largest absolute Gasteiger partial charge is 0.322 e. The molecule has 29 heavy (non-hydrogen) atoms. The van der Waals surface area contributed by atoms with E-state index >= 15 is 0 Å². The maximum atomic E-state index is 12.9. The average molecular weight is 396 g/mol. The number of rotatable bonds is 5. The molecule has 0 radical (unpaired) electrons. The number of carbonyl (C=O) groups excluding carboxylic acids is 3. The molecule has 7 nitrogen and oxygen atoms in total. The second-order valence-corrected chi connectivity index (χ2v) is 8.98. The van der Waals surface area contributed by atoms with E-state index in [1.54, 1.807) is 4.90 Å². The summed E-state index contributed by atoms with van der Waals surface area (Å²) in [6.07, 6.45) is 4.65. The van der Waals surface area contributed by atoms with Gasteiger partial charge < -0.3 is 15.5 Å². The van der Waals surface area contributed by atoms with Crippen LogP contribution in [0.15, 0.2) is 18.2 Å². The molecule has 4 fully saturated rings. The molecule has 1 aliphatic carbocycles. The fourth-order valence-corrected chi connectivity index (χ4v) is 5.47. The summed E-state index contributed by atoms with van der Waals surface area (Å²) in [6, 6.07) is 6.13. The first-order valence-electron chi connectivity index (χ1n) is 10.8. The fourth-order valence-electron chi connectivity index (χ4n) is 5.47. The van der Waals surface area contributed by atoms with E-state index in [1.807, 2.05) is 12.1 Å². The first-order chi connectivity index (χ1) is 14.1. The van der Waals surface area contributed by atoms with Crippen molar-refractivity contribution in [2.75, 3.05) is 13.1 Å². The Labute approximate surface area is 170 Å². The highest BCUT2D eigenvalue weighted by atomic mass is 16.2. The Balaban J connectivity index is 1.20. The quantitative estimate of drug-likeness (QED) is 0.644. The predicted molar refractivity (Wildman–Crippen MR) is 107 cm³/mol. The summed E-state index contributed by atoms with van der Waals surface area (Å²) in [4.78, 5) is 38.1. The third-order valence-corrected chi connectivity index (χ3v) is 7.09. The standard InChI is InChI=1S/C22H28N4O3/c27-20-6-5-19(21(28)25-20)26-12-15-3-1-14(8-17(15)22(26)29)9-23-11-16-7-13-2-4-18(16)24-10-13/h1,3,8,13,16,18-19,23-24H,2,4-7,9-12H2,(H,25,27,28). The summed E-state index contributed by atoms with van der Waals surface area (Å²) < 4.78 is 0. The molecule has 4 aliphatic heterocycles. The van der Waals surface area contributed by atoms with Crippen LogP contribution in [0.1, 0.15) is 53.6 Å². The van der Waals surface area contributed by atoms with Gasteiger partial charge in [0.25, 0.3) is 5.91 Å². The van der Waals surface area contributed by atoms with Gasteiger partial charge in [-0.15, -0.1) is 0 Å². The second-order valence-electron chi connectivity index (χ2n) is 8.98. The maximum absolute atomic E-state index is 12.9. The van der Waals surface area contributed by atoms with E-state index in [9.17, 15) is 14.4 Å². The number of carbonyl (C=O) groups is 3. The van der Waals surface area contributed by atoms with E-state index in [1.165, 1.54) is 25.8 Å². The van der Waals surface area contributed by atoms with Gasteiger partial charge in [0.1, 0.15) is 6.04 Å². The molecule has 4 heterocycles. The number of piperidine rings is 3. The summed E-state index contributed by atoms with van der Waals surface area (Å²) in [5.41, 5.74) is 2.74. The summed E-state index contributed by atoms with van der Waals surface area (Å²) in [6.45, 7) is 3.36. The van der Waals surface area contributed by atoms with Crippen LogP contribution in [0.2, 0.25) is 0 Å². The molecule has 5 aliphatic rings. The number of hydrogen-bond acceptors (Lipinski definition) is 5. The number of imide groups is 1. The minimum absolute atomic E-state index is 0.106. The van der Waals surface area contributed by atoms with Gasteiger partial charge in [0, 0.05) is 31.1 Å². The number of benzene rings is 1. The van der Waals surface area contributed by atoms with Crippen molar-refractivity contribution in [2.45, 2.75) is 57.3 Å². The van der Waals surface area contributed by atoms with E-state index < -0.39 is 6.04 Å². The van der Waals surface area contributed by atoms with Gasteiger partial charge >= 0.3 is 0 Å². The van der Waals surface area contributed by atoms with Crippen LogP contribution in [0.25, 0.3) is 0 Å². The van der Waals surface area contributed by atoms with Crippen molar-refractivity contribution in [1.29, 1.82) is 0 Å². The van der Waals surface area contributed by atoms with Gasteiger partial charge in [-0.25, -0.2) is 0 Å². The number of amides is 3. The molecule has 3 saturated heterocycles. The topological polar surface area (TPSA) is 90.5 Å². The highest BCUT2D eigenvalue weighted by Gasteiger charge is 2.39. The van der Waals surface area contributed by atoms with Crippen molar-refractivity contribution in [3.8, 4) is 0 Å². The summed E-state index contributed by atoms with van der Waals surface area (Å²) in [5, 5.41) is 9.59. The normalized spacial score (nSPS) is 31.2. The van der Waals surface area contributed by atoms with Crippen LogP contribution in [-0.2, 0) is 22.7 Å². The molecule has 0 aromatic heterocycles. The van der Waals surface area contributed by atoms with E-state index in [4.69, 9.17) is 0 Å². The summed E-state index contributed by atoms with van der Waals surface area (Å²) >= 11 is 0. The van der Waals surface area contributed by atoms with Gasteiger partial charge in [-0.05, 0) is 67.8 Å². The molecule has 1 aromatic rings. The zero-order chi connectivity index (χ0) is 20.0. The van der Waals surface area contributed by atoms with Crippen molar-refractivity contribution >= 4 is 17.7 Å². The van der Waals surface area contributed by atoms with Gasteiger partial charge in [0.2, 0.25) is 11.8 Å². The van der Waals surface area contributed by atoms with E-state index in [0.29, 0.717) is 30.5 Å².